The van der Waals surface area contributed by atoms with E-state index in [1.165, 1.54) is 4.57 Å². The molecule has 0 bridgehead atoms. The van der Waals surface area contributed by atoms with Gasteiger partial charge in [0.1, 0.15) is 5.75 Å². The van der Waals surface area contributed by atoms with E-state index in [0.29, 0.717) is 12.2 Å². The first kappa shape index (κ1) is 14.8. The predicted molar refractivity (Wildman–Crippen MR) is 80.1 cm³/mol. The highest BCUT2D eigenvalue weighted by Crippen LogP contribution is 2.08. The van der Waals surface area contributed by atoms with E-state index in [-0.39, 0.29) is 24.4 Å². The van der Waals surface area contributed by atoms with Crippen LogP contribution in [0.4, 0.5) is 0 Å². The lowest BCUT2D eigenvalue weighted by atomic mass is 10.2. The molecule has 5 nitrogen and oxygen atoms in total. The van der Waals surface area contributed by atoms with Crippen molar-refractivity contribution in [2.24, 2.45) is 7.05 Å². The Morgan fingerprint density at radius 1 is 1.19 bits per heavy atom. The summed E-state index contributed by atoms with van der Waals surface area (Å²) in [6.07, 6.45) is 1.93. The zero-order valence-corrected chi connectivity index (χ0v) is 11.9. The van der Waals surface area contributed by atoms with Crippen LogP contribution in [0.3, 0.4) is 0 Å². The number of para-hydroxylation sites is 1. The summed E-state index contributed by atoms with van der Waals surface area (Å²) in [6, 6.07) is 12.8. The van der Waals surface area contributed by atoms with E-state index < -0.39 is 0 Å². The maximum atomic E-state index is 11.8. The molecular formula is C16H18N2O3. The van der Waals surface area contributed by atoms with Gasteiger partial charge < -0.3 is 14.6 Å². The van der Waals surface area contributed by atoms with Gasteiger partial charge in [0.2, 0.25) is 5.91 Å². The van der Waals surface area contributed by atoms with Crippen molar-refractivity contribution < 1.29 is 9.53 Å². The van der Waals surface area contributed by atoms with Crippen LogP contribution >= 0.6 is 0 Å². The van der Waals surface area contributed by atoms with Crippen LogP contribution in [0, 0.1) is 0 Å². The van der Waals surface area contributed by atoms with Gasteiger partial charge in [-0.3, -0.25) is 9.59 Å². The van der Waals surface area contributed by atoms with Crippen molar-refractivity contribution in [1.29, 1.82) is 0 Å². The van der Waals surface area contributed by atoms with E-state index >= 15 is 0 Å². The fourth-order valence-corrected chi connectivity index (χ4v) is 1.85. The molecule has 0 saturated carbocycles. The van der Waals surface area contributed by atoms with Crippen molar-refractivity contribution in [2.45, 2.75) is 13.0 Å². The molecule has 0 radical (unpaired) electrons. The maximum Gasteiger partial charge on any atom is 0.255 e. The van der Waals surface area contributed by atoms with Crippen LogP contribution in [0.25, 0.3) is 0 Å². The first-order chi connectivity index (χ1) is 10.2. The molecule has 2 rings (SSSR count). The number of hydrogen-bond donors (Lipinski definition) is 1. The molecule has 0 saturated heterocycles. The van der Waals surface area contributed by atoms with Gasteiger partial charge in [0.05, 0.1) is 13.0 Å². The first-order valence-corrected chi connectivity index (χ1v) is 6.76. The van der Waals surface area contributed by atoms with Crippen LogP contribution in [-0.2, 0) is 18.4 Å². The molecule has 110 valence electrons. The van der Waals surface area contributed by atoms with Gasteiger partial charge in [-0.1, -0.05) is 24.3 Å². The summed E-state index contributed by atoms with van der Waals surface area (Å²) in [6.45, 7) is 0.542. The third-order valence-corrected chi connectivity index (χ3v) is 3.02. The largest absolute Gasteiger partial charge is 0.493 e. The van der Waals surface area contributed by atoms with Crippen molar-refractivity contribution in [3.8, 4) is 5.75 Å². The Hall–Kier alpha value is -2.56. The monoisotopic (exact) mass is 286 g/mol. The molecule has 1 N–H and O–H groups in total. The molecule has 1 amide bonds. The molecule has 0 aliphatic heterocycles. The fourth-order valence-electron chi connectivity index (χ4n) is 1.85. The van der Waals surface area contributed by atoms with E-state index in [9.17, 15) is 9.59 Å². The van der Waals surface area contributed by atoms with Gasteiger partial charge in [0, 0.05) is 25.4 Å². The van der Waals surface area contributed by atoms with Gasteiger partial charge in [-0.15, -0.1) is 0 Å². The number of carbonyl (C=O) groups is 1. The number of pyridine rings is 1. The molecule has 0 unspecified atom stereocenters. The van der Waals surface area contributed by atoms with E-state index in [1.807, 2.05) is 30.3 Å². The van der Waals surface area contributed by atoms with Crippen LogP contribution in [0.5, 0.6) is 5.75 Å². The number of rotatable bonds is 6. The molecule has 21 heavy (non-hydrogen) atoms. The predicted octanol–water partition coefficient (Wildman–Crippen LogP) is 1.47. The van der Waals surface area contributed by atoms with E-state index in [2.05, 4.69) is 5.32 Å². The van der Waals surface area contributed by atoms with Gasteiger partial charge in [0.25, 0.3) is 5.56 Å². The summed E-state index contributed by atoms with van der Waals surface area (Å²) >= 11 is 0. The zero-order valence-electron chi connectivity index (χ0n) is 11.9. The minimum absolute atomic E-state index is 0.0988. The molecular weight excluding hydrogens is 268 g/mol. The number of aryl methyl sites for hydroxylation is 1. The number of benzene rings is 1. The SMILES string of the molecule is Cn1cccc(CNC(=O)CCOc2ccccc2)c1=O. The van der Waals surface area contributed by atoms with Crippen LogP contribution < -0.4 is 15.6 Å². The molecule has 0 aliphatic rings. The number of aromatic nitrogens is 1. The average molecular weight is 286 g/mol. The van der Waals surface area contributed by atoms with Crippen molar-refractivity contribution in [3.63, 3.8) is 0 Å². The molecule has 0 fully saturated rings. The summed E-state index contributed by atoms with van der Waals surface area (Å²) in [4.78, 5) is 23.5. The summed E-state index contributed by atoms with van der Waals surface area (Å²) in [7, 11) is 1.68. The van der Waals surface area contributed by atoms with Crippen molar-refractivity contribution in [2.75, 3.05) is 6.61 Å². The number of nitrogens with zero attached hydrogens (tertiary/aromatic N) is 1. The number of hydrogen-bond acceptors (Lipinski definition) is 3. The van der Waals surface area contributed by atoms with Crippen molar-refractivity contribution in [1.82, 2.24) is 9.88 Å². The average Bonchev–Trinajstić information content (AvgIpc) is 2.50. The van der Waals surface area contributed by atoms with Crippen LogP contribution in [0.1, 0.15) is 12.0 Å². The fraction of sp³-hybridized carbons (Fsp3) is 0.250. The second-order valence-corrected chi connectivity index (χ2v) is 4.64. The zero-order chi connectivity index (χ0) is 15.1. The normalized spacial score (nSPS) is 10.1. The minimum atomic E-state index is -0.142. The van der Waals surface area contributed by atoms with Crippen molar-refractivity contribution >= 4 is 5.91 Å². The Morgan fingerprint density at radius 3 is 2.71 bits per heavy atom. The summed E-state index contributed by atoms with van der Waals surface area (Å²) in [5.74, 6) is 0.596. The van der Waals surface area contributed by atoms with Crippen LogP contribution in [0.2, 0.25) is 0 Å². The highest BCUT2D eigenvalue weighted by atomic mass is 16.5. The molecule has 1 aromatic heterocycles. The second kappa shape index (κ2) is 7.28. The molecule has 1 heterocycles. The van der Waals surface area contributed by atoms with Gasteiger partial charge in [0.15, 0.2) is 0 Å². The number of ether oxygens (including phenoxy) is 1. The number of nitrogens with one attached hydrogen (secondary N) is 1. The van der Waals surface area contributed by atoms with Crippen molar-refractivity contribution in [3.05, 3.63) is 64.6 Å². The van der Waals surface area contributed by atoms with Gasteiger partial charge in [-0.25, -0.2) is 0 Å². The Labute approximate surface area is 123 Å². The number of carbonyl (C=O) groups excluding carboxylic acids is 1. The van der Waals surface area contributed by atoms with Gasteiger partial charge >= 0.3 is 0 Å². The van der Waals surface area contributed by atoms with Crippen LogP contribution in [0.15, 0.2) is 53.5 Å². The third kappa shape index (κ3) is 4.49. The Morgan fingerprint density at radius 2 is 1.95 bits per heavy atom. The third-order valence-electron chi connectivity index (χ3n) is 3.02. The molecule has 0 aliphatic carbocycles. The topological polar surface area (TPSA) is 60.3 Å². The lowest BCUT2D eigenvalue weighted by molar-refractivity contribution is -0.121. The first-order valence-electron chi connectivity index (χ1n) is 6.76. The minimum Gasteiger partial charge on any atom is -0.493 e. The summed E-state index contributed by atoms with van der Waals surface area (Å²) in [5.41, 5.74) is 0.468. The summed E-state index contributed by atoms with van der Waals surface area (Å²) < 4.78 is 6.93. The Balaban J connectivity index is 1.75. The summed E-state index contributed by atoms with van der Waals surface area (Å²) in [5, 5.41) is 2.72. The van der Waals surface area contributed by atoms with Crippen LogP contribution in [-0.4, -0.2) is 17.1 Å². The van der Waals surface area contributed by atoms with E-state index in [4.69, 9.17) is 4.74 Å². The highest BCUT2D eigenvalue weighted by molar-refractivity contribution is 5.75. The molecule has 5 heteroatoms. The smallest absolute Gasteiger partial charge is 0.255 e. The lowest BCUT2D eigenvalue weighted by Crippen LogP contribution is -2.29. The van der Waals surface area contributed by atoms with E-state index in [1.54, 1.807) is 25.4 Å². The Bertz CT molecular complexity index is 650. The highest BCUT2D eigenvalue weighted by Gasteiger charge is 2.05. The Kier molecular flexibility index (Phi) is 5.15. The van der Waals surface area contributed by atoms with Gasteiger partial charge in [-0.05, 0) is 18.2 Å². The molecule has 1 aromatic carbocycles. The lowest BCUT2D eigenvalue weighted by Gasteiger charge is -2.07. The molecule has 0 atom stereocenters. The molecule has 2 aromatic rings. The molecule has 0 spiro atoms. The quantitative estimate of drug-likeness (QED) is 0.875. The standard InChI is InChI=1S/C16H18N2O3/c1-18-10-5-6-13(16(18)20)12-17-15(19)9-11-21-14-7-3-2-4-8-14/h2-8,10H,9,11-12H2,1H3,(H,17,19). The second-order valence-electron chi connectivity index (χ2n) is 4.64. The van der Waals surface area contributed by atoms with E-state index in [0.717, 1.165) is 5.75 Å². The maximum absolute atomic E-state index is 11.8. The number of amides is 1. The van der Waals surface area contributed by atoms with Gasteiger partial charge in [-0.2, -0.15) is 0 Å².